The fourth-order valence-corrected chi connectivity index (χ4v) is 21.0. The molecule has 0 aliphatic carbocycles. The molecule has 0 aliphatic rings. The summed E-state index contributed by atoms with van der Waals surface area (Å²) in [6, 6.07) is 168. The number of rotatable bonds is 17. The summed E-state index contributed by atoms with van der Waals surface area (Å²) >= 11 is -2.36. The van der Waals surface area contributed by atoms with Gasteiger partial charge < -0.3 is 7.58 Å². The Balaban J connectivity index is 0.000000123. The van der Waals surface area contributed by atoms with Crippen molar-refractivity contribution in [3.8, 4) is 44.9 Å². The van der Waals surface area contributed by atoms with Crippen LogP contribution in [-0.2, 0) is 5.28 Å². The molecule has 6 heteroatoms. The highest BCUT2D eigenvalue weighted by atomic mass is 27.2. The molecule has 0 amide bonds. The highest BCUT2D eigenvalue weighted by molar-refractivity contribution is 6.46. The average molecular weight is 1680 g/mol. The van der Waals surface area contributed by atoms with Crippen molar-refractivity contribution in [2.75, 3.05) is 0 Å². The highest BCUT2D eigenvalue weighted by Crippen LogP contribution is 2.46. The van der Waals surface area contributed by atoms with Gasteiger partial charge in [0.2, 0.25) is 0 Å². The molecule has 0 saturated carbocycles. The van der Waals surface area contributed by atoms with Crippen LogP contribution in [-0.4, -0.2) is 29.8 Å². The van der Waals surface area contributed by atoms with E-state index in [2.05, 4.69) is 427 Å². The van der Waals surface area contributed by atoms with Crippen molar-refractivity contribution in [1.82, 2.24) is 15.0 Å². The molecule has 0 atom stereocenters. The van der Waals surface area contributed by atoms with Crippen LogP contribution in [0.4, 0.5) is 0 Å². The Kier molecular flexibility index (Phi) is 22.1. The monoisotopic (exact) mass is 1680 g/mol. The van der Waals surface area contributed by atoms with Crippen molar-refractivity contribution in [3.05, 3.63) is 536 Å². The molecule has 0 unspecified atom stereocenters. The zero-order valence-corrected chi connectivity index (χ0v) is 72.6. The van der Waals surface area contributed by atoms with Crippen LogP contribution in [0, 0.1) is 0 Å². The van der Waals surface area contributed by atoms with Gasteiger partial charge >= 0.3 is 14.8 Å². The van der Waals surface area contributed by atoms with Gasteiger partial charge in [-0.1, -0.05) is 443 Å². The van der Waals surface area contributed by atoms with Crippen LogP contribution in [0.5, 0.6) is 11.5 Å². The van der Waals surface area contributed by atoms with E-state index in [0.29, 0.717) is 5.28 Å². The normalized spacial score (nSPS) is 11.5. The van der Waals surface area contributed by atoms with Crippen LogP contribution in [0.1, 0.15) is 63.3 Å². The topological polar surface area (TPSA) is 57.1 Å². The molecule has 0 fully saturated rings. The maximum absolute atomic E-state index is 6.63. The van der Waals surface area contributed by atoms with Crippen molar-refractivity contribution in [3.63, 3.8) is 0 Å². The summed E-state index contributed by atoms with van der Waals surface area (Å²) < 4.78 is 13.3. The van der Waals surface area contributed by atoms with Gasteiger partial charge in [0, 0.05) is 53.3 Å². The van der Waals surface area contributed by atoms with E-state index in [4.69, 9.17) is 7.58 Å². The summed E-state index contributed by atoms with van der Waals surface area (Å²) in [4.78, 5) is 13.8. The second-order valence-corrected chi connectivity index (χ2v) is 35.2. The van der Waals surface area contributed by atoms with E-state index in [1.807, 2.05) is 72.9 Å². The molecule has 0 saturated heterocycles. The SMILES string of the molecule is C(=Cc1ccc(C(c2ccc3ccccc3c2)c2ccc3ccccc3c2)cc1)c1ccc(C(c2ccc3ccccc3c2)c2ccc3ccccc3c2)cc1.[2HH].c1ccc2cc(-c3c4ccccc4c(-c4ccc(-c5cccc6ccccc56)cc4)c4ccccc34)ccc2c1.c1cnc2c([CH2][Al]([O]c3cccc4cccnc34)[O]c3cccc4cccnc34)cccc2c1. The van der Waals surface area contributed by atoms with Crippen LogP contribution in [0.2, 0.25) is 0 Å². The number of hydrogen-bond donors (Lipinski definition) is 0. The Morgan fingerprint density at radius 2 is 0.523 bits per heavy atom. The minimum atomic E-state index is -2.36. The largest absolute Gasteiger partial charge is 0.861 e. The fourth-order valence-electron chi connectivity index (χ4n) is 19.1. The van der Waals surface area contributed by atoms with Crippen LogP contribution in [0.3, 0.4) is 0 Å². The standard InChI is InChI=1S/C56H40.C40H26.C10H8N.2C9H7NO.Al.H2/c1-5-13-47-35-51(31-27-41(47)9-1)55(52-32-28-42-10-2-6-14-48(42)36-52)45-23-19-39(20-24-45)17-18-40-21-25-46(26-22-40)56(53-33-29-43-11-3-7-15-49(43)37-53)54-34-30-44-12-4-8-16-50(44)38-54;1-2-12-31-26-32(25-20-27(31)10-1)40-37-17-7-5-15-35(37)39(36-16-6-8-18-38(36)40)30-23-21-29(22-24-30)34-19-9-13-28-11-3-4-14-33(28)34;1-8-4-2-5-9-6-3-7-11-10(8)9;2*11-8-5-1-3-7-4-2-6-10-9(7)8;;/h1-38,55-56H;1-26H;2-7H,1H2;2*1-6,11H;;1H/q;;;;;+2;/p-2/i;;;;;;1+1. The quantitative estimate of drug-likeness (QED) is 0.0394. The predicted molar refractivity (Wildman–Crippen MR) is 550 cm³/mol. The molecule has 0 bridgehead atoms. The Morgan fingerprint density at radius 1 is 0.223 bits per heavy atom. The molecule has 0 radical (unpaired) electrons. The second-order valence-electron chi connectivity index (χ2n) is 33.5. The molecular formula is C124H88AlN3O2. The lowest BCUT2D eigenvalue weighted by Gasteiger charge is -2.20. The molecule has 614 valence electrons. The van der Waals surface area contributed by atoms with E-state index in [9.17, 15) is 0 Å². The molecule has 0 aliphatic heterocycles. The van der Waals surface area contributed by atoms with Crippen LogP contribution < -0.4 is 7.58 Å². The van der Waals surface area contributed by atoms with E-state index in [-0.39, 0.29) is 13.3 Å². The number of aromatic nitrogens is 3. The third-order valence-electron chi connectivity index (χ3n) is 25.5. The minimum Gasteiger partial charge on any atom is -0.610 e. The highest BCUT2D eigenvalue weighted by Gasteiger charge is 2.36. The van der Waals surface area contributed by atoms with Crippen LogP contribution in [0.15, 0.2) is 486 Å². The van der Waals surface area contributed by atoms with Gasteiger partial charge in [-0.05, 0) is 206 Å². The lowest BCUT2D eigenvalue weighted by Crippen LogP contribution is -2.33. The Morgan fingerprint density at radius 3 is 0.954 bits per heavy atom. The van der Waals surface area contributed by atoms with Crippen molar-refractivity contribution in [2.45, 2.75) is 17.1 Å². The summed E-state index contributed by atoms with van der Waals surface area (Å²) in [5, 5.41) is 24.1. The van der Waals surface area contributed by atoms with Gasteiger partial charge in [-0.3, -0.25) is 15.0 Å². The number of fused-ring (bicyclic) bond motifs is 11. The lowest BCUT2D eigenvalue weighted by atomic mass is 9.83. The summed E-state index contributed by atoms with van der Waals surface area (Å²) in [6.07, 6.45) is 9.85. The number of benzene rings is 21. The van der Waals surface area contributed by atoms with E-state index in [0.717, 1.165) is 49.8 Å². The first kappa shape index (κ1) is 79.7. The second kappa shape index (κ2) is 36.0. The number of nitrogens with zero attached hydrogens (tertiary/aromatic N) is 3. The Hall–Kier alpha value is -16.2. The van der Waals surface area contributed by atoms with Crippen molar-refractivity contribution in [2.24, 2.45) is 0 Å². The molecule has 130 heavy (non-hydrogen) atoms. The summed E-state index contributed by atoms with van der Waals surface area (Å²) in [7, 11) is 0. The zero-order valence-electron chi connectivity index (χ0n) is 71.4. The molecule has 3 aromatic heterocycles. The molecule has 3 heterocycles. The molecule has 5 nitrogen and oxygen atoms in total. The van der Waals surface area contributed by atoms with E-state index in [1.165, 1.54) is 164 Å². The third-order valence-corrected chi connectivity index (χ3v) is 27.3. The predicted octanol–water partition coefficient (Wildman–Crippen LogP) is 32.4. The molecule has 21 aromatic carbocycles. The molecule has 0 spiro atoms. The van der Waals surface area contributed by atoms with Gasteiger partial charge in [0.1, 0.15) is 22.5 Å². The summed E-state index contributed by atoms with van der Waals surface area (Å²) in [5.74, 6) is 1.70. The van der Waals surface area contributed by atoms with Crippen LogP contribution in [0.25, 0.3) is 164 Å². The fraction of sp³-hybridized carbons (Fsp3) is 0.0242. The van der Waals surface area contributed by atoms with Gasteiger partial charge in [-0.25, -0.2) is 0 Å². The number of pyridine rings is 3. The maximum Gasteiger partial charge on any atom is 0.861 e. The summed E-state index contributed by atoms with van der Waals surface area (Å²) in [5.41, 5.74) is 21.5. The Labute approximate surface area is 762 Å². The molecule has 0 N–H and O–H groups in total. The first-order valence-corrected chi connectivity index (χ1v) is 46.4. The van der Waals surface area contributed by atoms with Crippen LogP contribution >= 0.6 is 0 Å². The first-order chi connectivity index (χ1) is 64.4. The van der Waals surface area contributed by atoms with Gasteiger partial charge in [-0.2, -0.15) is 0 Å². The lowest BCUT2D eigenvalue weighted by molar-refractivity contribution is 0.425. The van der Waals surface area contributed by atoms with E-state index < -0.39 is 14.8 Å². The van der Waals surface area contributed by atoms with E-state index >= 15 is 0 Å². The maximum atomic E-state index is 6.63. The average Bonchev–Trinajstić information content (AvgIpc) is 0.729. The van der Waals surface area contributed by atoms with Crippen molar-refractivity contribution < 1.29 is 9.00 Å². The summed E-state index contributed by atoms with van der Waals surface area (Å²) in [6.45, 7) is 0. The van der Waals surface area contributed by atoms with Gasteiger partial charge in [0.05, 0.1) is 5.52 Å². The van der Waals surface area contributed by atoms with Crippen molar-refractivity contribution in [1.29, 1.82) is 0 Å². The zero-order chi connectivity index (χ0) is 86.5. The minimum absolute atomic E-state index is 0. The van der Waals surface area contributed by atoms with Gasteiger partial charge in [0.25, 0.3) is 0 Å². The number of para-hydroxylation sites is 3. The molecular weight excluding hydrogens is 1590 g/mol. The molecule has 24 rings (SSSR count). The number of hydrogen-bond acceptors (Lipinski definition) is 5. The van der Waals surface area contributed by atoms with E-state index in [1.54, 1.807) is 12.4 Å². The first-order valence-electron chi connectivity index (χ1n) is 44.6. The third kappa shape index (κ3) is 16.5. The van der Waals surface area contributed by atoms with Crippen molar-refractivity contribution >= 4 is 146 Å². The van der Waals surface area contributed by atoms with Gasteiger partial charge in [0.15, 0.2) is 0 Å². The smallest absolute Gasteiger partial charge is 0.610 e. The Bertz CT molecular complexity index is 7750. The van der Waals surface area contributed by atoms with Gasteiger partial charge in [-0.15, -0.1) is 0 Å². The molecule has 24 aromatic rings.